The van der Waals surface area contributed by atoms with Crippen LogP contribution in [0.4, 0.5) is 0 Å². The van der Waals surface area contributed by atoms with E-state index in [-0.39, 0.29) is 0 Å². The summed E-state index contributed by atoms with van der Waals surface area (Å²) in [6.07, 6.45) is 8.18. The molecule has 0 aromatic carbocycles. The molecule has 0 N–H and O–H groups in total. The maximum atomic E-state index is 5.48. The monoisotopic (exact) mass is 307 g/mol. The first kappa shape index (κ1) is 14.0. The summed E-state index contributed by atoms with van der Waals surface area (Å²) in [7, 11) is 0. The fraction of sp³-hybridized carbons (Fsp3) is 0.294. The second-order valence-corrected chi connectivity index (χ2v) is 5.77. The molecule has 0 unspecified atom stereocenters. The van der Waals surface area contributed by atoms with E-state index in [1.54, 1.807) is 12.4 Å². The summed E-state index contributed by atoms with van der Waals surface area (Å²) >= 11 is 0. The van der Waals surface area contributed by atoms with Gasteiger partial charge in [0.05, 0.1) is 5.92 Å². The van der Waals surface area contributed by atoms with E-state index in [2.05, 4.69) is 37.1 Å². The summed E-state index contributed by atoms with van der Waals surface area (Å²) in [6.45, 7) is 2.92. The average Bonchev–Trinajstić information content (AvgIpc) is 3.26. The van der Waals surface area contributed by atoms with E-state index in [1.807, 2.05) is 24.5 Å². The summed E-state index contributed by atoms with van der Waals surface area (Å²) in [4.78, 5) is 15.0. The van der Waals surface area contributed by atoms with Crippen LogP contribution in [0, 0.1) is 0 Å². The van der Waals surface area contributed by atoms with Crippen molar-refractivity contribution in [3.8, 4) is 11.4 Å². The van der Waals surface area contributed by atoms with Gasteiger partial charge in [-0.1, -0.05) is 5.16 Å². The number of rotatable bonds is 4. The van der Waals surface area contributed by atoms with Gasteiger partial charge in [-0.25, -0.2) is 0 Å². The van der Waals surface area contributed by atoms with E-state index in [4.69, 9.17) is 4.52 Å². The molecule has 0 bridgehead atoms. The van der Waals surface area contributed by atoms with Crippen LogP contribution in [0.2, 0.25) is 0 Å². The predicted molar refractivity (Wildman–Crippen MR) is 84.4 cm³/mol. The zero-order valence-electron chi connectivity index (χ0n) is 12.7. The Kier molecular flexibility index (Phi) is 3.81. The summed E-state index contributed by atoms with van der Waals surface area (Å²) in [5.74, 6) is 1.67. The zero-order chi connectivity index (χ0) is 15.5. The smallest absolute Gasteiger partial charge is 0.231 e. The van der Waals surface area contributed by atoms with Crippen molar-refractivity contribution in [1.29, 1.82) is 0 Å². The van der Waals surface area contributed by atoms with Gasteiger partial charge in [-0.2, -0.15) is 4.98 Å². The molecule has 6 heteroatoms. The van der Waals surface area contributed by atoms with Crippen LogP contribution in [0.1, 0.15) is 23.8 Å². The van der Waals surface area contributed by atoms with Gasteiger partial charge in [-0.3, -0.25) is 14.9 Å². The molecule has 0 aliphatic carbocycles. The molecule has 1 aliphatic rings. The minimum absolute atomic E-state index is 0.305. The Morgan fingerprint density at radius 2 is 1.78 bits per heavy atom. The van der Waals surface area contributed by atoms with Gasteiger partial charge < -0.3 is 4.52 Å². The van der Waals surface area contributed by atoms with Gasteiger partial charge in [0.2, 0.25) is 11.7 Å². The molecular weight excluding hydrogens is 290 g/mol. The van der Waals surface area contributed by atoms with E-state index in [0.29, 0.717) is 11.7 Å². The van der Waals surface area contributed by atoms with Crippen molar-refractivity contribution in [3.05, 3.63) is 60.5 Å². The lowest BCUT2D eigenvalue weighted by Crippen LogP contribution is -2.19. The highest BCUT2D eigenvalue weighted by Gasteiger charge is 2.28. The van der Waals surface area contributed by atoms with Crippen LogP contribution in [0.15, 0.2) is 53.6 Å². The van der Waals surface area contributed by atoms with Gasteiger partial charge in [-0.15, -0.1) is 0 Å². The first-order valence-electron chi connectivity index (χ1n) is 7.74. The minimum Gasteiger partial charge on any atom is -0.339 e. The van der Waals surface area contributed by atoms with E-state index < -0.39 is 0 Å². The molecule has 1 atom stereocenters. The topological polar surface area (TPSA) is 67.9 Å². The number of aromatic nitrogens is 4. The first-order chi connectivity index (χ1) is 11.4. The van der Waals surface area contributed by atoms with Crippen LogP contribution in [0.3, 0.4) is 0 Å². The third kappa shape index (κ3) is 3.12. The number of pyridine rings is 2. The van der Waals surface area contributed by atoms with E-state index in [0.717, 1.165) is 37.5 Å². The Bertz CT molecular complexity index is 759. The van der Waals surface area contributed by atoms with Crippen LogP contribution >= 0.6 is 0 Å². The highest BCUT2D eigenvalue weighted by atomic mass is 16.5. The van der Waals surface area contributed by atoms with Gasteiger partial charge in [0, 0.05) is 43.4 Å². The molecule has 0 amide bonds. The molecule has 23 heavy (non-hydrogen) atoms. The number of likely N-dealkylation sites (tertiary alicyclic amines) is 1. The lowest BCUT2D eigenvalue weighted by molar-refractivity contribution is 0.309. The summed E-state index contributed by atoms with van der Waals surface area (Å²) in [5, 5.41) is 4.10. The molecule has 3 aromatic rings. The van der Waals surface area contributed by atoms with E-state index in [1.165, 1.54) is 5.56 Å². The van der Waals surface area contributed by atoms with Gasteiger partial charge in [0.25, 0.3) is 0 Å². The summed E-state index contributed by atoms with van der Waals surface area (Å²) in [6, 6.07) is 7.89. The molecule has 1 aliphatic heterocycles. The predicted octanol–water partition coefficient (Wildman–Crippen LogP) is 2.52. The Balaban J connectivity index is 1.43. The third-order valence-corrected chi connectivity index (χ3v) is 4.16. The fourth-order valence-electron chi connectivity index (χ4n) is 2.94. The second-order valence-electron chi connectivity index (χ2n) is 5.77. The highest BCUT2D eigenvalue weighted by Crippen LogP contribution is 2.28. The molecule has 116 valence electrons. The highest BCUT2D eigenvalue weighted by molar-refractivity contribution is 5.52. The molecule has 0 spiro atoms. The van der Waals surface area contributed by atoms with Crippen molar-refractivity contribution >= 4 is 0 Å². The van der Waals surface area contributed by atoms with E-state index in [9.17, 15) is 0 Å². The van der Waals surface area contributed by atoms with Crippen LogP contribution in [-0.2, 0) is 6.54 Å². The molecule has 6 nitrogen and oxygen atoms in total. The fourth-order valence-corrected chi connectivity index (χ4v) is 2.94. The molecule has 4 heterocycles. The zero-order valence-corrected chi connectivity index (χ0v) is 12.7. The minimum atomic E-state index is 0.305. The Labute approximate surface area is 134 Å². The van der Waals surface area contributed by atoms with Gasteiger partial charge >= 0.3 is 0 Å². The largest absolute Gasteiger partial charge is 0.339 e. The van der Waals surface area contributed by atoms with Crippen molar-refractivity contribution in [2.45, 2.75) is 18.9 Å². The SMILES string of the molecule is c1cc(CN2CC[C@@H](c3nc(-c4ccncc4)no3)C2)ccn1. The molecule has 0 saturated carbocycles. The maximum absolute atomic E-state index is 5.48. The average molecular weight is 307 g/mol. The van der Waals surface area contributed by atoms with Crippen LogP contribution in [-0.4, -0.2) is 38.1 Å². The van der Waals surface area contributed by atoms with Crippen molar-refractivity contribution in [2.75, 3.05) is 13.1 Å². The number of nitrogens with zero attached hydrogens (tertiary/aromatic N) is 5. The molecule has 0 radical (unpaired) electrons. The van der Waals surface area contributed by atoms with Crippen LogP contribution in [0.5, 0.6) is 0 Å². The standard InChI is InChI=1S/C17H17N5O/c1-6-18-7-2-13(1)11-22-10-5-15(12-22)17-20-16(21-23-17)14-3-8-19-9-4-14/h1-4,6-9,15H,5,10-12H2/t15-/m1/s1. The van der Waals surface area contributed by atoms with Gasteiger partial charge in [-0.05, 0) is 42.8 Å². The lowest BCUT2D eigenvalue weighted by atomic mass is 10.1. The lowest BCUT2D eigenvalue weighted by Gasteiger charge is -2.14. The van der Waals surface area contributed by atoms with E-state index >= 15 is 0 Å². The molecule has 3 aromatic heterocycles. The molecular formula is C17H17N5O. The quantitative estimate of drug-likeness (QED) is 0.738. The number of hydrogen-bond acceptors (Lipinski definition) is 6. The maximum Gasteiger partial charge on any atom is 0.231 e. The summed E-state index contributed by atoms with van der Waals surface area (Å²) in [5.41, 5.74) is 2.21. The van der Waals surface area contributed by atoms with Crippen molar-refractivity contribution in [2.24, 2.45) is 0 Å². The Morgan fingerprint density at radius 1 is 1.04 bits per heavy atom. The van der Waals surface area contributed by atoms with Gasteiger partial charge in [0.15, 0.2) is 0 Å². The van der Waals surface area contributed by atoms with Crippen molar-refractivity contribution in [1.82, 2.24) is 25.0 Å². The third-order valence-electron chi connectivity index (χ3n) is 4.16. The van der Waals surface area contributed by atoms with Crippen molar-refractivity contribution < 1.29 is 4.52 Å². The van der Waals surface area contributed by atoms with Crippen LogP contribution < -0.4 is 0 Å². The normalized spacial score (nSPS) is 18.3. The van der Waals surface area contributed by atoms with Crippen molar-refractivity contribution in [3.63, 3.8) is 0 Å². The summed E-state index contributed by atoms with van der Waals surface area (Å²) < 4.78 is 5.48. The Morgan fingerprint density at radius 3 is 2.57 bits per heavy atom. The molecule has 1 saturated heterocycles. The molecule has 4 rings (SSSR count). The first-order valence-corrected chi connectivity index (χ1v) is 7.74. The number of hydrogen-bond donors (Lipinski definition) is 0. The Hall–Kier alpha value is -2.60. The molecule has 1 fully saturated rings. The van der Waals surface area contributed by atoms with Gasteiger partial charge in [0.1, 0.15) is 0 Å². The second kappa shape index (κ2) is 6.26. The van der Waals surface area contributed by atoms with Crippen LogP contribution in [0.25, 0.3) is 11.4 Å².